The minimum Gasteiger partial charge on any atom is -0.448 e. The second kappa shape index (κ2) is 8.14. The number of benzene rings is 1. The normalized spacial score (nSPS) is 18.9. The first-order valence-corrected chi connectivity index (χ1v) is 9.65. The van der Waals surface area contributed by atoms with Crippen LogP contribution in [0.5, 0.6) is 0 Å². The summed E-state index contributed by atoms with van der Waals surface area (Å²) in [6.45, 7) is 1.99. The average Bonchev–Trinajstić information content (AvgIpc) is 3.27. The minimum absolute atomic E-state index is 0.168. The fourth-order valence-corrected chi connectivity index (χ4v) is 3.81. The molecule has 152 valence electrons. The van der Waals surface area contributed by atoms with Gasteiger partial charge in [-0.15, -0.1) is 0 Å². The fraction of sp³-hybridized carbons (Fsp3) is 0.400. The number of oxazole rings is 1. The number of fused-ring (bicyclic) bond motifs is 1. The van der Waals surface area contributed by atoms with Crippen LogP contribution in [0.3, 0.4) is 0 Å². The van der Waals surface area contributed by atoms with Crippen LogP contribution in [0, 0.1) is 0 Å². The number of hydrogen-bond donors (Lipinski definition) is 3. The second-order valence-corrected chi connectivity index (χ2v) is 7.26. The van der Waals surface area contributed by atoms with E-state index in [0.717, 1.165) is 22.6 Å². The summed E-state index contributed by atoms with van der Waals surface area (Å²) in [5.41, 5.74) is 8.87. The van der Waals surface area contributed by atoms with Gasteiger partial charge in [-0.3, -0.25) is 19.7 Å². The van der Waals surface area contributed by atoms with Crippen molar-refractivity contribution in [2.24, 2.45) is 5.73 Å². The summed E-state index contributed by atoms with van der Waals surface area (Å²) in [6, 6.07) is 5.16. The van der Waals surface area contributed by atoms with Crippen molar-refractivity contribution in [3.8, 4) is 0 Å². The third kappa shape index (κ3) is 3.92. The molecule has 9 heteroatoms. The number of aromatic nitrogens is 1. The van der Waals surface area contributed by atoms with Crippen LogP contribution in [-0.4, -0.2) is 40.2 Å². The van der Waals surface area contributed by atoms with E-state index in [1.807, 2.05) is 18.2 Å². The van der Waals surface area contributed by atoms with Crippen LogP contribution in [0.15, 0.2) is 29.0 Å². The summed E-state index contributed by atoms with van der Waals surface area (Å²) in [7, 11) is 0. The van der Waals surface area contributed by atoms with Crippen molar-refractivity contribution in [2.45, 2.75) is 44.9 Å². The summed E-state index contributed by atoms with van der Waals surface area (Å²) >= 11 is 0. The molecule has 1 saturated heterocycles. The Kier molecular flexibility index (Phi) is 5.41. The number of hydrogen-bond acceptors (Lipinski definition) is 7. The molecule has 0 aliphatic carbocycles. The number of nitrogens with one attached hydrogen (secondary N) is 2. The van der Waals surface area contributed by atoms with Gasteiger partial charge in [0.15, 0.2) is 6.39 Å². The fourth-order valence-electron chi connectivity index (χ4n) is 3.81. The summed E-state index contributed by atoms with van der Waals surface area (Å²) in [6.07, 6.45) is 2.67. The SMILES string of the molecule is NCCc1ocnc1CNCc1ccc2c(c1)C(=O)N(C1CCC(=O)NC1=O)C2. The molecule has 0 bridgehead atoms. The van der Waals surface area contributed by atoms with Gasteiger partial charge in [0.25, 0.3) is 5.91 Å². The number of imide groups is 1. The largest absolute Gasteiger partial charge is 0.448 e. The van der Waals surface area contributed by atoms with E-state index in [2.05, 4.69) is 15.6 Å². The maximum Gasteiger partial charge on any atom is 0.255 e. The maximum atomic E-state index is 12.9. The highest BCUT2D eigenvalue weighted by atomic mass is 16.3. The van der Waals surface area contributed by atoms with E-state index < -0.39 is 11.9 Å². The monoisotopic (exact) mass is 397 g/mol. The third-order valence-corrected chi connectivity index (χ3v) is 5.31. The molecule has 1 aromatic heterocycles. The van der Waals surface area contributed by atoms with Crippen LogP contribution in [0.2, 0.25) is 0 Å². The standard InChI is InChI=1S/C20H23N5O4/c21-6-5-17-15(23-11-29-17)9-22-8-12-1-2-13-10-25(20(28)14(13)7-12)16-3-4-18(26)24-19(16)27/h1-2,7,11,16,22H,3-6,8-10,21H2,(H,24,26,27). The number of carbonyl (C=O) groups is 3. The highest BCUT2D eigenvalue weighted by molar-refractivity contribution is 6.05. The first kappa shape index (κ1) is 19.3. The molecule has 4 N–H and O–H groups in total. The Morgan fingerprint density at radius 2 is 2.14 bits per heavy atom. The Labute approximate surface area is 167 Å². The molecule has 9 nitrogen and oxygen atoms in total. The van der Waals surface area contributed by atoms with Crippen molar-refractivity contribution in [1.29, 1.82) is 0 Å². The van der Waals surface area contributed by atoms with Gasteiger partial charge in [-0.25, -0.2) is 4.98 Å². The predicted octanol–water partition coefficient (Wildman–Crippen LogP) is 0.227. The molecule has 3 amide bonds. The average molecular weight is 397 g/mol. The van der Waals surface area contributed by atoms with Crippen LogP contribution in [0.25, 0.3) is 0 Å². The third-order valence-electron chi connectivity index (χ3n) is 5.31. The first-order valence-electron chi connectivity index (χ1n) is 9.65. The van der Waals surface area contributed by atoms with Crippen molar-refractivity contribution in [2.75, 3.05) is 6.54 Å². The zero-order chi connectivity index (χ0) is 20.4. The molecule has 0 saturated carbocycles. The number of rotatable bonds is 7. The predicted molar refractivity (Wildman–Crippen MR) is 102 cm³/mol. The number of nitrogens with two attached hydrogens (primary N) is 1. The molecular formula is C20H23N5O4. The van der Waals surface area contributed by atoms with E-state index in [-0.39, 0.29) is 18.2 Å². The molecule has 4 rings (SSSR count). The van der Waals surface area contributed by atoms with Crippen LogP contribution >= 0.6 is 0 Å². The van der Waals surface area contributed by atoms with Gasteiger partial charge < -0.3 is 20.4 Å². The van der Waals surface area contributed by atoms with Gasteiger partial charge >= 0.3 is 0 Å². The Morgan fingerprint density at radius 3 is 2.93 bits per heavy atom. The van der Waals surface area contributed by atoms with Crippen molar-refractivity contribution in [3.05, 3.63) is 52.7 Å². The molecule has 0 radical (unpaired) electrons. The smallest absolute Gasteiger partial charge is 0.255 e. The van der Waals surface area contributed by atoms with E-state index in [9.17, 15) is 14.4 Å². The van der Waals surface area contributed by atoms with Gasteiger partial charge in [0.05, 0.1) is 5.69 Å². The molecule has 2 aliphatic rings. The van der Waals surface area contributed by atoms with Crippen molar-refractivity contribution in [3.63, 3.8) is 0 Å². The lowest BCUT2D eigenvalue weighted by Crippen LogP contribution is -2.52. The molecule has 1 atom stereocenters. The number of nitrogens with zero attached hydrogens (tertiary/aromatic N) is 2. The zero-order valence-corrected chi connectivity index (χ0v) is 15.9. The lowest BCUT2D eigenvalue weighted by Gasteiger charge is -2.29. The van der Waals surface area contributed by atoms with E-state index in [1.165, 1.54) is 6.39 Å². The van der Waals surface area contributed by atoms with Crippen molar-refractivity contribution < 1.29 is 18.8 Å². The first-order chi connectivity index (χ1) is 14.1. The molecule has 1 unspecified atom stereocenters. The van der Waals surface area contributed by atoms with Gasteiger partial charge in [0.1, 0.15) is 11.8 Å². The molecule has 29 heavy (non-hydrogen) atoms. The Balaban J connectivity index is 1.39. The molecular weight excluding hydrogens is 374 g/mol. The minimum atomic E-state index is -0.595. The zero-order valence-electron chi connectivity index (χ0n) is 15.9. The summed E-state index contributed by atoms with van der Waals surface area (Å²) in [5.74, 6) is -0.0715. The van der Waals surface area contributed by atoms with E-state index in [0.29, 0.717) is 44.6 Å². The van der Waals surface area contributed by atoms with E-state index in [1.54, 1.807) is 4.90 Å². The Morgan fingerprint density at radius 1 is 1.28 bits per heavy atom. The summed E-state index contributed by atoms with van der Waals surface area (Å²) in [5, 5.41) is 5.62. The summed E-state index contributed by atoms with van der Waals surface area (Å²) in [4.78, 5) is 42.1. The van der Waals surface area contributed by atoms with Crippen molar-refractivity contribution >= 4 is 17.7 Å². The van der Waals surface area contributed by atoms with Gasteiger partial charge in [0, 0.05) is 38.0 Å². The van der Waals surface area contributed by atoms with E-state index in [4.69, 9.17) is 10.2 Å². The van der Waals surface area contributed by atoms with Crippen LogP contribution in [0.4, 0.5) is 0 Å². The highest BCUT2D eigenvalue weighted by Gasteiger charge is 2.39. The van der Waals surface area contributed by atoms with Crippen LogP contribution < -0.4 is 16.4 Å². The van der Waals surface area contributed by atoms with Gasteiger partial charge in [-0.05, 0) is 30.2 Å². The molecule has 2 aromatic rings. The number of piperidine rings is 1. The highest BCUT2D eigenvalue weighted by Crippen LogP contribution is 2.28. The maximum absolute atomic E-state index is 12.9. The van der Waals surface area contributed by atoms with Crippen molar-refractivity contribution in [1.82, 2.24) is 20.5 Å². The van der Waals surface area contributed by atoms with E-state index >= 15 is 0 Å². The van der Waals surface area contributed by atoms with Crippen LogP contribution in [-0.2, 0) is 35.6 Å². The lowest BCUT2D eigenvalue weighted by atomic mass is 10.0. The molecule has 1 aromatic carbocycles. The molecule has 0 spiro atoms. The second-order valence-electron chi connectivity index (χ2n) is 7.26. The topological polar surface area (TPSA) is 131 Å². The molecule has 2 aliphatic heterocycles. The lowest BCUT2D eigenvalue weighted by molar-refractivity contribution is -0.136. The Hall–Kier alpha value is -3.04. The number of carbonyl (C=O) groups excluding carboxylic acids is 3. The quantitative estimate of drug-likeness (QED) is 0.570. The van der Waals surface area contributed by atoms with Crippen LogP contribution in [0.1, 0.15) is 45.8 Å². The Bertz CT molecular complexity index is 954. The van der Waals surface area contributed by atoms with Gasteiger partial charge in [-0.1, -0.05) is 12.1 Å². The molecule has 1 fully saturated rings. The number of amides is 3. The molecule has 3 heterocycles. The van der Waals surface area contributed by atoms with Gasteiger partial charge in [0.2, 0.25) is 11.8 Å². The summed E-state index contributed by atoms with van der Waals surface area (Å²) < 4.78 is 5.33. The van der Waals surface area contributed by atoms with Gasteiger partial charge in [-0.2, -0.15) is 0 Å².